The molecule has 1 fully saturated rings. The molecule has 110 valence electrons. The van der Waals surface area contributed by atoms with E-state index in [1.165, 1.54) is 18.4 Å². The Morgan fingerprint density at radius 1 is 1.30 bits per heavy atom. The Balaban J connectivity index is 1.55. The molecule has 1 heterocycles. The third-order valence-corrected chi connectivity index (χ3v) is 4.85. The molecule has 1 unspecified atom stereocenters. The average molecular weight is 275 g/mol. The summed E-state index contributed by atoms with van der Waals surface area (Å²) in [5.41, 5.74) is 7.17. The summed E-state index contributed by atoms with van der Waals surface area (Å²) in [6, 6.07) is 8.26. The Kier molecular flexibility index (Phi) is 3.99. The lowest BCUT2D eigenvalue weighted by molar-refractivity contribution is -0.0909. The second-order valence-electron chi connectivity index (χ2n) is 6.43. The number of rotatable bonds is 4. The predicted octanol–water partition coefficient (Wildman–Crippen LogP) is 2.91. The van der Waals surface area contributed by atoms with Crippen LogP contribution in [0, 0.1) is 5.92 Å². The molecule has 0 spiro atoms. The van der Waals surface area contributed by atoms with Crippen molar-refractivity contribution in [1.29, 1.82) is 0 Å². The van der Waals surface area contributed by atoms with Crippen molar-refractivity contribution in [2.45, 2.75) is 50.7 Å². The van der Waals surface area contributed by atoms with Gasteiger partial charge in [0.2, 0.25) is 0 Å². The number of ether oxygens (including phenoxy) is 2. The van der Waals surface area contributed by atoms with Crippen LogP contribution in [0.4, 0.5) is 0 Å². The lowest BCUT2D eigenvalue weighted by atomic mass is 9.79. The van der Waals surface area contributed by atoms with Crippen molar-refractivity contribution in [3.05, 3.63) is 29.8 Å². The summed E-state index contributed by atoms with van der Waals surface area (Å²) in [7, 11) is 0. The topological polar surface area (TPSA) is 44.5 Å². The van der Waals surface area contributed by atoms with E-state index in [1.54, 1.807) is 0 Å². The maximum absolute atomic E-state index is 6.23. The third kappa shape index (κ3) is 2.84. The molecule has 3 rings (SSSR count). The van der Waals surface area contributed by atoms with Crippen LogP contribution in [0.5, 0.6) is 5.75 Å². The van der Waals surface area contributed by atoms with E-state index in [1.807, 2.05) is 12.1 Å². The minimum absolute atomic E-state index is 0.107. The molecule has 2 aliphatic rings. The Hall–Kier alpha value is -1.06. The number of fused-ring (bicyclic) bond motifs is 1. The van der Waals surface area contributed by atoms with Gasteiger partial charge in [-0.2, -0.15) is 0 Å². The van der Waals surface area contributed by atoms with Crippen molar-refractivity contribution in [2.24, 2.45) is 11.7 Å². The van der Waals surface area contributed by atoms with Gasteiger partial charge < -0.3 is 15.2 Å². The van der Waals surface area contributed by atoms with E-state index in [9.17, 15) is 0 Å². The molecule has 1 saturated carbocycles. The van der Waals surface area contributed by atoms with Gasteiger partial charge in [-0.15, -0.1) is 0 Å². The highest BCUT2D eigenvalue weighted by atomic mass is 16.5. The lowest BCUT2D eigenvalue weighted by Crippen LogP contribution is -2.45. The van der Waals surface area contributed by atoms with Crippen LogP contribution in [0.1, 0.15) is 38.2 Å². The van der Waals surface area contributed by atoms with Crippen molar-refractivity contribution in [2.75, 3.05) is 13.2 Å². The standard InChI is InChI=1S/C17H25NO2/c1-13-6-8-17(12-18,9-7-13)19-11-15-10-14-4-2-3-5-16(14)20-15/h2-5,13,15H,6-12,18H2,1H3. The second-order valence-corrected chi connectivity index (χ2v) is 6.43. The number of nitrogens with two attached hydrogens (primary N) is 1. The molecule has 0 amide bonds. The zero-order chi connectivity index (χ0) is 14.0. The lowest BCUT2D eigenvalue weighted by Gasteiger charge is -2.39. The van der Waals surface area contributed by atoms with Gasteiger partial charge in [0.05, 0.1) is 12.2 Å². The van der Waals surface area contributed by atoms with Gasteiger partial charge in [-0.05, 0) is 43.2 Å². The fourth-order valence-electron chi connectivity index (χ4n) is 3.31. The number of benzene rings is 1. The molecule has 3 nitrogen and oxygen atoms in total. The van der Waals surface area contributed by atoms with Crippen molar-refractivity contribution in [1.82, 2.24) is 0 Å². The molecule has 2 N–H and O–H groups in total. The highest BCUT2D eigenvalue weighted by Crippen LogP contribution is 2.35. The number of para-hydroxylation sites is 1. The van der Waals surface area contributed by atoms with Crippen molar-refractivity contribution >= 4 is 0 Å². The third-order valence-electron chi connectivity index (χ3n) is 4.85. The molecule has 1 aliphatic carbocycles. The predicted molar refractivity (Wildman–Crippen MR) is 79.9 cm³/mol. The first-order chi connectivity index (χ1) is 9.71. The molecule has 3 heteroatoms. The maximum atomic E-state index is 6.23. The number of hydrogen-bond donors (Lipinski definition) is 1. The largest absolute Gasteiger partial charge is 0.487 e. The van der Waals surface area contributed by atoms with Crippen molar-refractivity contribution in [3.8, 4) is 5.75 Å². The van der Waals surface area contributed by atoms with E-state index >= 15 is 0 Å². The monoisotopic (exact) mass is 275 g/mol. The van der Waals surface area contributed by atoms with Crippen LogP contribution in [0.2, 0.25) is 0 Å². The molecule has 0 bridgehead atoms. The quantitative estimate of drug-likeness (QED) is 0.919. The number of hydrogen-bond acceptors (Lipinski definition) is 3. The first-order valence-electron chi connectivity index (χ1n) is 7.79. The Labute approximate surface area is 121 Å². The summed E-state index contributed by atoms with van der Waals surface area (Å²) in [5.74, 6) is 1.82. The normalized spacial score (nSPS) is 32.7. The molecule has 1 atom stereocenters. The zero-order valence-electron chi connectivity index (χ0n) is 12.3. The van der Waals surface area contributed by atoms with Crippen LogP contribution < -0.4 is 10.5 Å². The molecule has 1 aromatic rings. The van der Waals surface area contributed by atoms with Crippen LogP contribution in [0.25, 0.3) is 0 Å². The molecule has 0 radical (unpaired) electrons. The summed E-state index contributed by atoms with van der Waals surface area (Å²) in [6.45, 7) is 3.59. The Morgan fingerprint density at radius 3 is 2.75 bits per heavy atom. The van der Waals surface area contributed by atoms with Crippen molar-refractivity contribution in [3.63, 3.8) is 0 Å². The van der Waals surface area contributed by atoms with Gasteiger partial charge >= 0.3 is 0 Å². The first kappa shape index (κ1) is 13.9. The van der Waals surface area contributed by atoms with E-state index in [0.29, 0.717) is 13.2 Å². The van der Waals surface area contributed by atoms with Gasteiger partial charge in [-0.3, -0.25) is 0 Å². The fourth-order valence-corrected chi connectivity index (χ4v) is 3.31. The highest BCUT2D eigenvalue weighted by Gasteiger charge is 2.35. The van der Waals surface area contributed by atoms with E-state index in [2.05, 4.69) is 19.1 Å². The average Bonchev–Trinajstić information content (AvgIpc) is 2.90. The van der Waals surface area contributed by atoms with E-state index < -0.39 is 0 Å². The summed E-state index contributed by atoms with van der Waals surface area (Å²) in [5, 5.41) is 0. The molecule has 1 aromatic carbocycles. The molecule has 1 aliphatic heterocycles. The van der Waals surface area contributed by atoms with Gasteiger partial charge in [0.15, 0.2) is 0 Å². The van der Waals surface area contributed by atoms with Crippen LogP contribution >= 0.6 is 0 Å². The van der Waals surface area contributed by atoms with Crippen LogP contribution in [0.15, 0.2) is 24.3 Å². The highest BCUT2D eigenvalue weighted by molar-refractivity contribution is 5.37. The molecular weight excluding hydrogens is 250 g/mol. The molecule has 20 heavy (non-hydrogen) atoms. The van der Waals surface area contributed by atoms with Gasteiger partial charge in [-0.1, -0.05) is 25.1 Å². The van der Waals surface area contributed by atoms with Crippen LogP contribution in [-0.2, 0) is 11.2 Å². The molecule has 0 aromatic heterocycles. The van der Waals surface area contributed by atoms with Crippen LogP contribution in [-0.4, -0.2) is 24.9 Å². The fraction of sp³-hybridized carbons (Fsp3) is 0.647. The minimum atomic E-state index is -0.107. The zero-order valence-corrected chi connectivity index (χ0v) is 12.3. The van der Waals surface area contributed by atoms with Gasteiger partial charge in [-0.25, -0.2) is 0 Å². The Bertz CT molecular complexity index is 427. The van der Waals surface area contributed by atoms with Gasteiger partial charge in [0, 0.05) is 13.0 Å². The van der Waals surface area contributed by atoms with E-state index in [0.717, 1.165) is 30.9 Å². The van der Waals surface area contributed by atoms with E-state index in [4.69, 9.17) is 15.2 Å². The van der Waals surface area contributed by atoms with Gasteiger partial charge in [0.1, 0.15) is 11.9 Å². The van der Waals surface area contributed by atoms with Gasteiger partial charge in [0.25, 0.3) is 0 Å². The smallest absolute Gasteiger partial charge is 0.126 e. The summed E-state index contributed by atoms with van der Waals surface area (Å²) in [6.07, 6.45) is 5.73. The minimum Gasteiger partial charge on any atom is -0.487 e. The Morgan fingerprint density at radius 2 is 2.05 bits per heavy atom. The SMILES string of the molecule is CC1CCC(CN)(OCC2Cc3ccccc3O2)CC1. The summed E-state index contributed by atoms with van der Waals surface area (Å²) < 4.78 is 12.2. The van der Waals surface area contributed by atoms with Crippen molar-refractivity contribution < 1.29 is 9.47 Å². The van der Waals surface area contributed by atoms with Crippen LogP contribution in [0.3, 0.4) is 0 Å². The van der Waals surface area contributed by atoms with E-state index in [-0.39, 0.29) is 11.7 Å². The first-order valence-corrected chi connectivity index (χ1v) is 7.79. The maximum Gasteiger partial charge on any atom is 0.126 e. The molecular formula is C17H25NO2. The second kappa shape index (κ2) is 5.74. The molecule has 0 saturated heterocycles. The summed E-state index contributed by atoms with van der Waals surface area (Å²) >= 11 is 0. The summed E-state index contributed by atoms with van der Waals surface area (Å²) in [4.78, 5) is 0.